The molecule has 0 fully saturated rings. The molecule has 0 unspecified atom stereocenters. The Hall–Kier alpha value is -1.11. The second kappa shape index (κ2) is 7.26. The summed E-state index contributed by atoms with van der Waals surface area (Å²) in [7, 11) is 0. The Kier molecular flexibility index (Phi) is 5.96. The van der Waals surface area contributed by atoms with E-state index >= 15 is 0 Å². The van der Waals surface area contributed by atoms with Crippen LogP contribution in [0.15, 0.2) is 24.3 Å². The van der Waals surface area contributed by atoms with Crippen LogP contribution in [0.5, 0.6) is 0 Å². The molecule has 1 aromatic carbocycles. The molecule has 0 bridgehead atoms. The van der Waals surface area contributed by atoms with Crippen molar-refractivity contribution in [2.24, 2.45) is 0 Å². The zero-order chi connectivity index (χ0) is 12.7. The Morgan fingerprint density at radius 1 is 1.29 bits per heavy atom. The van der Waals surface area contributed by atoms with Crippen LogP contribution < -0.4 is 5.32 Å². The van der Waals surface area contributed by atoms with Crippen molar-refractivity contribution in [3.63, 3.8) is 0 Å². The van der Waals surface area contributed by atoms with Gasteiger partial charge in [-0.25, -0.2) is 0 Å². The Labute approximate surface area is 114 Å². The van der Waals surface area contributed by atoms with E-state index < -0.39 is 0 Å². The van der Waals surface area contributed by atoms with Crippen LogP contribution in [0.1, 0.15) is 19.8 Å². The molecule has 1 rings (SSSR count). The van der Waals surface area contributed by atoms with E-state index in [4.69, 9.17) is 4.74 Å². The Bertz CT molecular complexity index is 389. The minimum absolute atomic E-state index is 0.231. The fourth-order valence-corrected chi connectivity index (χ4v) is 1.51. The molecule has 1 amide bonds. The number of anilines is 1. The monoisotopic (exact) mass is 347 g/mol. The zero-order valence-electron chi connectivity index (χ0n) is 9.53. The maximum atomic E-state index is 11.4. The van der Waals surface area contributed by atoms with Crippen LogP contribution in [0.4, 0.5) is 5.69 Å². The molecule has 0 aliphatic rings. The van der Waals surface area contributed by atoms with Crippen LogP contribution in [0.25, 0.3) is 0 Å². The molecule has 0 aliphatic heterocycles. The minimum atomic E-state index is -0.342. The maximum absolute atomic E-state index is 11.4. The van der Waals surface area contributed by atoms with E-state index in [9.17, 15) is 9.59 Å². The first kappa shape index (κ1) is 14.0. The number of hydrogen-bond donors (Lipinski definition) is 1. The predicted molar refractivity (Wildman–Crippen MR) is 73.7 cm³/mol. The third-order valence-corrected chi connectivity index (χ3v) is 2.67. The van der Waals surface area contributed by atoms with Gasteiger partial charge in [-0.3, -0.25) is 9.59 Å². The van der Waals surface area contributed by atoms with Crippen LogP contribution >= 0.6 is 22.6 Å². The SMILES string of the molecule is CCCC(=O)OCC(=O)Nc1ccc(I)cc1. The van der Waals surface area contributed by atoms with E-state index in [0.29, 0.717) is 12.1 Å². The molecule has 0 saturated heterocycles. The van der Waals surface area contributed by atoms with Gasteiger partial charge in [0.1, 0.15) is 0 Å². The lowest BCUT2D eigenvalue weighted by Crippen LogP contribution is -2.20. The number of amides is 1. The molecular weight excluding hydrogens is 333 g/mol. The van der Waals surface area contributed by atoms with E-state index in [2.05, 4.69) is 27.9 Å². The molecule has 0 spiro atoms. The summed E-state index contributed by atoms with van der Waals surface area (Å²) in [5.41, 5.74) is 0.696. The summed E-state index contributed by atoms with van der Waals surface area (Å²) in [4.78, 5) is 22.5. The Morgan fingerprint density at radius 2 is 1.94 bits per heavy atom. The normalized spacial score (nSPS) is 9.76. The summed E-state index contributed by atoms with van der Waals surface area (Å²) in [6.45, 7) is 1.65. The minimum Gasteiger partial charge on any atom is -0.456 e. The molecular formula is C12H14INO3. The first-order valence-corrected chi connectivity index (χ1v) is 6.40. The number of rotatable bonds is 5. The summed E-state index contributed by atoms with van der Waals surface area (Å²) in [6, 6.07) is 7.37. The number of halogens is 1. The second-order valence-corrected chi connectivity index (χ2v) is 4.71. The average Bonchev–Trinajstić information content (AvgIpc) is 2.30. The third kappa shape index (κ3) is 5.67. The average molecular weight is 347 g/mol. The van der Waals surface area contributed by atoms with E-state index in [0.717, 1.165) is 9.99 Å². The van der Waals surface area contributed by atoms with E-state index in [-0.39, 0.29) is 18.5 Å². The van der Waals surface area contributed by atoms with E-state index in [1.54, 1.807) is 12.1 Å². The molecule has 0 aliphatic carbocycles. The van der Waals surface area contributed by atoms with Gasteiger partial charge in [-0.05, 0) is 53.3 Å². The van der Waals surface area contributed by atoms with Crippen LogP contribution in [0, 0.1) is 3.57 Å². The highest BCUT2D eigenvalue weighted by Crippen LogP contribution is 2.10. The van der Waals surface area contributed by atoms with Crippen molar-refractivity contribution >= 4 is 40.2 Å². The smallest absolute Gasteiger partial charge is 0.306 e. The fraction of sp³-hybridized carbons (Fsp3) is 0.333. The third-order valence-electron chi connectivity index (χ3n) is 1.95. The number of benzene rings is 1. The summed E-state index contributed by atoms with van der Waals surface area (Å²) >= 11 is 2.18. The number of nitrogens with one attached hydrogen (secondary N) is 1. The highest BCUT2D eigenvalue weighted by molar-refractivity contribution is 14.1. The summed E-state index contributed by atoms with van der Waals surface area (Å²) in [5, 5.41) is 2.65. The van der Waals surface area contributed by atoms with Crippen molar-refractivity contribution < 1.29 is 14.3 Å². The lowest BCUT2D eigenvalue weighted by molar-refractivity contribution is -0.147. The first-order valence-electron chi connectivity index (χ1n) is 5.33. The van der Waals surface area contributed by atoms with E-state index in [1.165, 1.54) is 0 Å². The van der Waals surface area contributed by atoms with Gasteiger partial charge in [0.05, 0.1) is 0 Å². The lowest BCUT2D eigenvalue weighted by Gasteiger charge is -2.06. The van der Waals surface area contributed by atoms with Gasteiger partial charge in [0.2, 0.25) is 0 Å². The van der Waals surface area contributed by atoms with Gasteiger partial charge >= 0.3 is 5.97 Å². The molecule has 1 N–H and O–H groups in total. The topological polar surface area (TPSA) is 55.4 Å². The van der Waals surface area contributed by atoms with Gasteiger partial charge in [-0.1, -0.05) is 6.92 Å². The number of carbonyl (C=O) groups is 2. The lowest BCUT2D eigenvalue weighted by atomic mass is 10.3. The van der Waals surface area contributed by atoms with Crippen molar-refractivity contribution in [1.29, 1.82) is 0 Å². The van der Waals surface area contributed by atoms with Crippen molar-refractivity contribution in [2.75, 3.05) is 11.9 Å². The molecule has 0 aromatic heterocycles. The van der Waals surface area contributed by atoms with Crippen molar-refractivity contribution in [3.05, 3.63) is 27.8 Å². The fourth-order valence-electron chi connectivity index (χ4n) is 1.15. The second-order valence-electron chi connectivity index (χ2n) is 3.47. The Morgan fingerprint density at radius 3 is 2.53 bits per heavy atom. The van der Waals surface area contributed by atoms with Gasteiger partial charge in [-0.15, -0.1) is 0 Å². The van der Waals surface area contributed by atoms with Crippen molar-refractivity contribution in [3.8, 4) is 0 Å². The predicted octanol–water partition coefficient (Wildman–Crippen LogP) is 2.57. The van der Waals surface area contributed by atoms with Crippen LogP contribution in [0.2, 0.25) is 0 Å². The standard InChI is InChI=1S/C12H14INO3/c1-2-3-12(16)17-8-11(15)14-10-6-4-9(13)5-7-10/h4-7H,2-3,8H2,1H3,(H,14,15). The van der Waals surface area contributed by atoms with Gasteiger partial charge < -0.3 is 10.1 Å². The van der Waals surface area contributed by atoms with E-state index in [1.807, 2.05) is 19.1 Å². The van der Waals surface area contributed by atoms with Gasteiger partial charge in [0.25, 0.3) is 5.91 Å². The highest BCUT2D eigenvalue weighted by atomic mass is 127. The van der Waals surface area contributed by atoms with Crippen LogP contribution in [-0.4, -0.2) is 18.5 Å². The van der Waals surface area contributed by atoms with Crippen molar-refractivity contribution in [2.45, 2.75) is 19.8 Å². The molecule has 5 heteroatoms. The zero-order valence-corrected chi connectivity index (χ0v) is 11.7. The molecule has 0 atom stereocenters. The van der Waals surface area contributed by atoms with Gasteiger partial charge in [0, 0.05) is 15.7 Å². The summed E-state index contributed by atoms with van der Waals surface area (Å²) < 4.78 is 5.88. The summed E-state index contributed by atoms with van der Waals surface area (Å²) in [5.74, 6) is -0.666. The summed E-state index contributed by atoms with van der Waals surface area (Å²) in [6.07, 6.45) is 1.06. The highest BCUT2D eigenvalue weighted by Gasteiger charge is 2.06. The molecule has 0 heterocycles. The largest absolute Gasteiger partial charge is 0.456 e. The Balaban J connectivity index is 2.34. The number of carbonyl (C=O) groups excluding carboxylic acids is 2. The molecule has 1 aromatic rings. The first-order chi connectivity index (χ1) is 8.11. The van der Waals surface area contributed by atoms with Crippen LogP contribution in [-0.2, 0) is 14.3 Å². The van der Waals surface area contributed by atoms with Crippen LogP contribution in [0.3, 0.4) is 0 Å². The van der Waals surface area contributed by atoms with Crippen molar-refractivity contribution in [1.82, 2.24) is 0 Å². The number of hydrogen-bond acceptors (Lipinski definition) is 3. The molecule has 0 radical (unpaired) electrons. The molecule has 17 heavy (non-hydrogen) atoms. The maximum Gasteiger partial charge on any atom is 0.306 e. The number of ether oxygens (including phenoxy) is 1. The van der Waals surface area contributed by atoms with Gasteiger partial charge in [0.15, 0.2) is 6.61 Å². The number of esters is 1. The molecule has 4 nitrogen and oxygen atoms in total. The van der Waals surface area contributed by atoms with Gasteiger partial charge in [-0.2, -0.15) is 0 Å². The quantitative estimate of drug-likeness (QED) is 0.658. The molecule has 0 saturated carbocycles. The molecule has 92 valence electrons.